The second kappa shape index (κ2) is 11.1. The Hall–Kier alpha value is -4.16. The maximum absolute atomic E-state index is 12.1. The normalized spacial score (nSPS) is 15.7. The molecule has 5 rings (SSSR count). The lowest BCUT2D eigenvalue weighted by atomic mass is 9.92. The third-order valence-corrected chi connectivity index (χ3v) is 6.95. The fourth-order valence-electron chi connectivity index (χ4n) is 4.96. The summed E-state index contributed by atoms with van der Waals surface area (Å²) in [7, 11) is 0. The quantitative estimate of drug-likeness (QED) is 0.334. The molecule has 9 heteroatoms. The summed E-state index contributed by atoms with van der Waals surface area (Å²) < 4.78 is 8.25. The highest BCUT2D eigenvalue weighted by Crippen LogP contribution is 2.43. The highest BCUT2D eigenvalue weighted by molar-refractivity contribution is 5.96. The molecule has 1 aliphatic carbocycles. The van der Waals surface area contributed by atoms with Crippen LogP contribution in [-0.2, 0) is 0 Å². The number of fused-ring (bicyclic) bond motifs is 1. The van der Waals surface area contributed by atoms with Gasteiger partial charge in [0.1, 0.15) is 24.5 Å². The van der Waals surface area contributed by atoms with Gasteiger partial charge in [0.05, 0.1) is 23.4 Å². The predicted molar refractivity (Wildman–Crippen MR) is 148 cm³/mol. The Morgan fingerprint density at radius 3 is 2.66 bits per heavy atom. The van der Waals surface area contributed by atoms with Gasteiger partial charge in [0.15, 0.2) is 0 Å². The number of aliphatic hydroxyl groups excluding tert-OH is 1. The van der Waals surface area contributed by atoms with E-state index in [-0.39, 0.29) is 18.7 Å². The van der Waals surface area contributed by atoms with Crippen molar-refractivity contribution in [3.8, 4) is 23.1 Å². The average Bonchev–Trinajstić information content (AvgIpc) is 3.47. The molecule has 2 amide bonds. The SMILES string of the molecule is CC(C)NC(=O)Nc1ccc(-c2c(C#N)c3ccc(OCC(O)CN4C=CNC4)cc3n2C2CCC2)cc1. The van der Waals surface area contributed by atoms with Crippen LogP contribution in [0.25, 0.3) is 22.2 Å². The molecule has 1 atom stereocenters. The smallest absolute Gasteiger partial charge is 0.319 e. The van der Waals surface area contributed by atoms with Crippen molar-refractivity contribution in [2.75, 3.05) is 25.1 Å². The standard InChI is InChI=1S/C29H34N6O3/c1-19(2)32-29(37)33-21-8-6-20(7-9-21)28-26(15-30)25-11-10-24(14-27(25)35(28)22-4-3-5-22)38-17-23(36)16-34-13-12-31-18-34/h6-14,19,22-23,31,36H,3-5,16-18H2,1-2H3,(H2,32,33,37). The molecule has 2 aromatic carbocycles. The molecule has 198 valence electrons. The van der Waals surface area contributed by atoms with E-state index >= 15 is 0 Å². The number of carbonyl (C=O) groups is 1. The topological polar surface area (TPSA) is 115 Å². The van der Waals surface area contributed by atoms with Crippen molar-refractivity contribution in [3.63, 3.8) is 0 Å². The van der Waals surface area contributed by atoms with Gasteiger partial charge in [0, 0.05) is 48.2 Å². The Morgan fingerprint density at radius 1 is 1.24 bits per heavy atom. The molecule has 0 saturated heterocycles. The zero-order valence-electron chi connectivity index (χ0n) is 21.8. The van der Waals surface area contributed by atoms with E-state index in [2.05, 4.69) is 26.6 Å². The number of carbonyl (C=O) groups excluding carboxylic acids is 1. The number of hydrogen-bond acceptors (Lipinski definition) is 6. The zero-order valence-corrected chi connectivity index (χ0v) is 21.8. The van der Waals surface area contributed by atoms with Gasteiger partial charge in [-0.1, -0.05) is 12.1 Å². The molecule has 0 bridgehead atoms. The van der Waals surface area contributed by atoms with Gasteiger partial charge in [0.25, 0.3) is 0 Å². The number of rotatable bonds is 9. The van der Waals surface area contributed by atoms with Crippen LogP contribution in [0.4, 0.5) is 10.5 Å². The number of urea groups is 1. The highest BCUT2D eigenvalue weighted by atomic mass is 16.5. The van der Waals surface area contributed by atoms with Crippen molar-refractivity contribution in [2.24, 2.45) is 0 Å². The minimum Gasteiger partial charge on any atom is -0.491 e. The van der Waals surface area contributed by atoms with Crippen LogP contribution < -0.4 is 20.7 Å². The molecule has 3 aromatic rings. The number of ether oxygens (including phenoxy) is 1. The number of nitrogens with one attached hydrogen (secondary N) is 3. The highest BCUT2D eigenvalue weighted by Gasteiger charge is 2.28. The zero-order chi connectivity index (χ0) is 26.6. The maximum atomic E-state index is 12.1. The summed E-state index contributed by atoms with van der Waals surface area (Å²) >= 11 is 0. The maximum Gasteiger partial charge on any atom is 0.319 e. The predicted octanol–water partition coefficient (Wildman–Crippen LogP) is 4.51. The fourth-order valence-corrected chi connectivity index (χ4v) is 4.96. The fraction of sp³-hybridized carbons (Fsp3) is 0.379. The Morgan fingerprint density at radius 2 is 2.03 bits per heavy atom. The van der Waals surface area contributed by atoms with E-state index in [4.69, 9.17) is 4.74 Å². The number of anilines is 1. The Balaban J connectivity index is 1.42. The molecule has 0 spiro atoms. The lowest BCUT2D eigenvalue weighted by molar-refractivity contribution is 0.0832. The summed E-state index contributed by atoms with van der Waals surface area (Å²) in [6.45, 7) is 5.16. The van der Waals surface area contributed by atoms with Crippen LogP contribution in [0.1, 0.15) is 44.7 Å². The molecule has 2 heterocycles. The number of nitriles is 1. The van der Waals surface area contributed by atoms with Gasteiger partial charge in [-0.2, -0.15) is 5.26 Å². The molecule has 1 fully saturated rings. The molecule has 1 saturated carbocycles. The minimum atomic E-state index is -0.631. The second-order valence-electron chi connectivity index (χ2n) is 10.2. The number of aliphatic hydroxyl groups is 1. The monoisotopic (exact) mass is 514 g/mol. The molecule has 38 heavy (non-hydrogen) atoms. The summed E-state index contributed by atoms with van der Waals surface area (Å²) in [4.78, 5) is 14.1. The molecule has 1 aliphatic heterocycles. The van der Waals surface area contributed by atoms with Gasteiger partial charge in [-0.3, -0.25) is 0 Å². The van der Waals surface area contributed by atoms with E-state index in [0.29, 0.717) is 36.3 Å². The largest absolute Gasteiger partial charge is 0.491 e. The molecule has 1 aromatic heterocycles. The summed E-state index contributed by atoms with van der Waals surface area (Å²) in [5.74, 6) is 0.663. The molecular weight excluding hydrogens is 480 g/mol. The van der Waals surface area contributed by atoms with E-state index < -0.39 is 6.10 Å². The van der Waals surface area contributed by atoms with Crippen LogP contribution in [0.15, 0.2) is 54.9 Å². The average molecular weight is 515 g/mol. The van der Waals surface area contributed by atoms with Crippen molar-refractivity contribution in [3.05, 3.63) is 60.4 Å². The number of nitrogens with zero attached hydrogens (tertiary/aromatic N) is 3. The molecule has 9 nitrogen and oxygen atoms in total. The van der Waals surface area contributed by atoms with Crippen molar-refractivity contribution in [1.82, 2.24) is 20.1 Å². The van der Waals surface area contributed by atoms with E-state index in [9.17, 15) is 15.2 Å². The third-order valence-electron chi connectivity index (χ3n) is 6.95. The van der Waals surface area contributed by atoms with Crippen LogP contribution >= 0.6 is 0 Å². The second-order valence-corrected chi connectivity index (χ2v) is 10.2. The van der Waals surface area contributed by atoms with Crippen LogP contribution in [0.2, 0.25) is 0 Å². The van der Waals surface area contributed by atoms with E-state index in [1.54, 1.807) is 0 Å². The van der Waals surface area contributed by atoms with Crippen LogP contribution in [-0.4, -0.2) is 52.6 Å². The first kappa shape index (κ1) is 25.5. The Bertz CT molecular complexity index is 1370. The molecular formula is C29H34N6O3. The molecule has 0 radical (unpaired) electrons. The van der Waals surface area contributed by atoms with Gasteiger partial charge in [-0.25, -0.2) is 4.79 Å². The van der Waals surface area contributed by atoms with Crippen LogP contribution in [0.5, 0.6) is 5.75 Å². The lowest BCUT2D eigenvalue weighted by Gasteiger charge is -2.30. The first-order chi connectivity index (χ1) is 18.4. The molecule has 2 aliphatic rings. The number of aromatic nitrogens is 1. The number of β-amino-alcohol motifs (C(OH)–C–C–N with tert-alkyl or cyclic N) is 1. The Labute approximate surface area is 222 Å². The van der Waals surface area contributed by atoms with E-state index in [0.717, 1.165) is 41.4 Å². The van der Waals surface area contributed by atoms with Gasteiger partial charge in [-0.05, 0) is 62.9 Å². The van der Waals surface area contributed by atoms with Crippen molar-refractivity contribution in [2.45, 2.75) is 51.3 Å². The van der Waals surface area contributed by atoms with Gasteiger partial charge in [0.2, 0.25) is 0 Å². The molecule has 4 N–H and O–H groups in total. The van der Waals surface area contributed by atoms with Crippen LogP contribution in [0.3, 0.4) is 0 Å². The summed E-state index contributed by atoms with van der Waals surface area (Å²) in [5, 5.41) is 30.3. The summed E-state index contributed by atoms with van der Waals surface area (Å²) in [6.07, 6.45) is 6.40. The van der Waals surface area contributed by atoms with E-state index in [1.165, 1.54) is 0 Å². The van der Waals surface area contributed by atoms with Crippen LogP contribution in [0, 0.1) is 11.3 Å². The van der Waals surface area contributed by atoms with Gasteiger partial charge < -0.3 is 35.3 Å². The number of benzene rings is 2. The van der Waals surface area contributed by atoms with E-state index in [1.807, 2.05) is 73.6 Å². The minimum absolute atomic E-state index is 0.0438. The van der Waals surface area contributed by atoms with Crippen molar-refractivity contribution >= 4 is 22.6 Å². The number of amides is 2. The van der Waals surface area contributed by atoms with Crippen molar-refractivity contribution in [1.29, 1.82) is 5.26 Å². The summed E-state index contributed by atoms with van der Waals surface area (Å²) in [5.41, 5.74) is 4.08. The van der Waals surface area contributed by atoms with Gasteiger partial charge >= 0.3 is 6.03 Å². The first-order valence-electron chi connectivity index (χ1n) is 13.1. The third kappa shape index (κ3) is 5.41. The lowest BCUT2D eigenvalue weighted by Crippen LogP contribution is -2.34. The Kier molecular flexibility index (Phi) is 7.43. The van der Waals surface area contributed by atoms with Crippen molar-refractivity contribution < 1.29 is 14.6 Å². The molecule has 1 unspecified atom stereocenters. The van der Waals surface area contributed by atoms with Gasteiger partial charge in [-0.15, -0.1) is 0 Å². The number of hydrogen-bond donors (Lipinski definition) is 4. The summed E-state index contributed by atoms with van der Waals surface area (Å²) in [6, 6.07) is 15.9. The first-order valence-corrected chi connectivity index (χ1v) is 13.1.